The third-order valence-corrected chi connectivity index (χ3v) is 3.13. The van der Waals surface area contributed by atoms with E-state index in [2.05, 4.69) is 6.58 Å². The molecule has 2 heteroatoms. The van der Waals surface area contributed by atoms with Crippen LogP contribution in [0.25, 0.3) is 11.5 Å². The van der Waals surface area contributed by atoms with E-state index < -0.39 is 6.29 Å². The van der Waals surface area contributed by atoms with Crippen LogP contribution >= 0.6 is 0 Å². The van der Waals surface area contributed by atoms with Gasteiger partial charge in [-0.3, -0.25) is 0 Å². The normalized spacial score (nSPS) is 14.8. The smallest absolute Gasteiger partial charge is 0.263 e. The molecule has 0 fully saturated rings. The van der Waals surface area contributed by atoms with E-state index in [1.165, 1.54) is 0 Å². The first-order valence-electron chi connectivity index (χ1n) is 6.59. The average Bonchev–Trinajstić information content (AvgIpc) is 2.94. The van der Waals surface area contributed by atoms with Crippen molar-refractivity contribution in [3.8, 4) is 0 Å². The minimum atomic E-state index is -0.416. The highest BCUT2D eigenvalue weighted by molar-refractivity contribution is 5.85. The van der Waals surface area contributed by atoms with Crippen molar-refractivity contribution in [2.24, 2.45) is 0 Å². The second kappa shape index (κ2) is 5.25. The molecule has 0 saturated heterocycles. The highest BCUT2D eigenvalue weighted by atomic mass is 16.7. The lowest BCUT2D eigenvalue weighted by atomic mass is 10.1. The number of hydrogen-bond acceptors (Lipinski definition) is 2. The van der Waals surface area contributed by atoms with Gasteiger partial charge in [-0.25, -0.2) is 0 Å². The third kappa shape index (κ3) is 2.32. The molecule has 0 atom stereocenters. The van der Waals surface area contributed by atoms with E-state index in [0.717, 1.165) is 28.2 Å². The Kier molecular flexibility index (Phi) is 3.30. The SMILES string of the molecule is C=C(C)C1OC(c2ccccc2)=C(c2ccccc2)O1. The number of ether oxygens (including phenoxy) is 2. The molecule has 0 bridgehead atoms. The molecule has 2 aromatic rings. The van der Waals surface area contributed by atoms with Gasteiger partial charge >= 0.3 is 0 Å². The summed E-state index contributed by atoms with van der Waals surface area (Å²) in [5.74, 6) is 1.54. The summed E-state index contributed by atoms with van der Waals surface area (Å²) < 4.78 is 11.9. The minimum Gasteiger partial charge on any atom is -0.446 e. The fraction of sp³-hybridized carbons (Fsp3) is 0.111. The van der Waals surface area contributed by atoms with Crippen LogP contribution < -0.4 is 0 Å². The van der Waals surface area contributed by atoms with Crippen LogP contribution in [0, 0.1) is 0 Å². The van der Waals surface area contributed by atoms with E-state index in [-0.39, 0.29) is 0 Å². The van der Waals surface area contributed by atoms with Gasteiger partial charge < -0.3 is 9.47 Å². The van der Waals surface area contributed by atoms with Gasteiger partial charge in [0, 0.05) is 11.1 Å². The van der Waals surface area contributed by atoms with Crippen LogP contribution in [0.3, 0.4) is 0 Å². The van der Waals surface area contributed by atoms with E-state index in [9.17, 15) is 0 Å². The summed E-state index contributed by atoms with van der Waals surface area (Å²) in [6, 6.07) is 20.0. The molecular formula is C18H16O2. The van der Waals surface area contributed by atoms with Gasteiger partial charge in [-0.15, -0.1) is 0 Å². The highest BCUT2D eigenvalue weighted by Gasteiger charge is 2.29. The highest BCUT2D eigenvalue weighted by Crippen LogP contribution is 2.37. The van der Waals surface area contributed by atoms with Crippen LogP contribution in [-0.4, -0.2) is 6.29 Å². The summed E-state index contributed by atoms with van der Waals surface area (Å²) in [7, 11) is 0. The van der Waals surface area contributed by atoms with Crippen molar-refractivity contribution >= 4 is 11.5 Å². The Balaban J connectivity index is 2.06. The first kappa shape index (κ1) is 12.5. The second-order valence-corrected chi connectivity index (χ2v) is 4.80. The maximum absolute atomic E-state index is 5.93. The molecule has 0 saturated carbocycles. The van der Waals surface area contributed by atoms with Crippen LogP contribution in [-0.2, 0) is 9.47 Å². The second-order valence-electron chi connectivity index (χ2n) is 4.80. The molecule has 0 radical (unpaired) electrons. The number of hydrogen-bond donors (Lipinski definition) is 0. The Morgan fingerprint density at radius 1 is 0.800 bits per heavy atom. The lowest BCUT2D eigenvalue weighted by Crippen LogP contribution is -2.09. The summed E-state index contributed by atoms with van der Waals surface area (Å²) in [6.45, 7) is 5.82. The Labute approximate surface area is 119 Å². The van der Waals surface area contributed by atoms with Gasteiger partial charge in [0.25, 0.3) is 6.29 Å². The molecule has 0 aromatic heterocycles. The van der Waals surface area contributed by atoms with E-state index in [1.807, 2.05) is 67.6 Å². The van der Waals surface area contributed by atoms with Gasteiger partial charge in [0.15, 0.2) is 11.5 Å². The topological polar surface area (TPSA) is 18.5 Å². The largest absolute Gasteiger partial charge is 0.446 e. The van der Waals surface area contributed by atoms with Crippen molar-refractivity contribution in [1.82, 2.24) is 0 Å². The number of benzene rings is 2. The Hall–Kier alpha value is -2.48. The zero-order valence-corrected chi connectivity index (χ0v) is 11.4. The summed E-state index contributed by atoms with van der Waals surface area (Å²) in [6.07, 6.45) is -0.416. The maximum atomic E-state index is 5.93. The standard InChI is InChI=1S/C18H16O2/c1-13(2)18-19-16(14-9-5-3-6-10-14)17(20-18)15-11-7-4-8-12-15/h3-12,18H,1H2,2H3. The van der Waals surface area contributed by atoms with Crippen LogP contribution in [0.15, 0.2) is 72.8 Å². The van der Waals surface area contributed by atoms with Crippen molar-refractivity contribution < 1.29 is 9.47 Å². The van der Waals surface area contributed by atoms with E-state index in [0.29, 0.717) is 0 Å². The first-order valence-corrected chi connectivity index (χ1v) is 6.59. The van der Waals surface area contributed by atoms with Crippen LogP contribution in [0.4, 0.5) is 0 Å². The quantitative estimate of drug-likeness (QED) is 0.762. The molecule has 20 heavy (non-hydrogen) atoms. The molecule has 0 aliphatic carbocycles. The van der Waals surface area contributed by atoms with Crippen molar-refractivity contribution in [2.75, 3.05) is 0 Å². The monoisotopic (exact) mass is 264 g/mol. The lowest BCUT2D eigenvalue weighted by Gasteiger charge is -2.11. The first-order chi connectivity index (χ1) is 9.75. The fourth-order valence-electron chi connectivity index (χ4n) is 2.12. The molecule has 0 spiro atoms. The molecule has 1 aliphatic heterocycles. The zero-order valence-electron chi connectivity index (χ0n) is 11.4. The fourth-order valence-corrected chi connectivity index (χ4v) is 2.12. The minimum absolute atomic E-state index is 0.416. The molecule has 1 heterocycles. The molecule has 100 valence electrons. The predicted octanol–water partition coefficient (Wildman–Crippen LogP) is 4.46. The summed E-state index contributed by atoms with van der Waals surface area (Å²) in [4.78, 5) is 0. The van der Waals surface area contributed by atoms with Gasteiger partial charge in [0.1, 0.15) is 0 Å². The summed E-state index contributed by atoms with van der Waals surface area (Å²) in [5.41, 5.74) is 2.87. The third-order valence-electron chi connectivity index (χ3n) is 3.13. The molecule has 2 aromatic carbocycles. The van der Waals surface area contributed by atoms with Gasteiger partial charge in [-0.1, -0.05) is 67.2 Å². The molecule has 0 amide bonds. The maximum Gasteiger partial charge on any atom is 0.263 e. The summed E-state index contributed by atoms with van der Waals surface area (Å²) >= 11 is 0. The Morgan fingerprint density at radius 3 is 1.55 bits per heavy atom. The molecule has 0 N–H and O–H groups in total. The van der Waals surface area contributed by atoms with Crippen LogP contribution in [0.1, 0.15) is 18.1 Å². The van der Waals surface area contributed by atoms with Gasteiger partial charge in [-0.2, -0.15) is 0 Å². The zero-order chi connectivity index (χ0) is 13.9. The van der Waals surface area contributed by atoms with Gasteiger partial charge in [0.2, 0.25) is 0 Å². The molecule has 1 aliphatic rings. The molecule has 3 rings (SSSR count). The van der Waals surface area contributed by atoms with Crippen LogP contribution in [0.2, 0.25) is 0 Å². The van der Waals surface area contributed by atoms with Gasteiger partial charge in [-0.05, 0) is 12.5 Å². The van der Waals surface area contributed by atoms with E-state index in [4.69, 9.17) is 9.47 Å². The molecule has 2 nitrogen and oxygen atoms in total. The van der Waals surface area contributed by atoms with Crippen molar-refractivity contribution in [3.63, 3.8) is 0 Å². The predicted molar refractivity (Wildman–Crippen MR) is 80.5 cm³/mol. The Bertz CT molecular complexity index is 590. The van der Waals surface area contributed by atoms with Gasteiger partial charge in [0.05, 0.1) is 0 Å². The van der Waals surface area contributed by atoms with Crippen LogP contribution in [0.5, 0.6) is 0 Å². The molecule has 0 unspecified atom stereocenters. The lowest BCUT2D eigenvalue weighted by molar-refractivity contribution is 0.0260. The molecular weight excluding hydrogens is 248 g/mol. The number of rotatable bonds is 3. The van der Waals surface area contributed by atoms with E-state index >= 15 is 0 Å². The average molecular weight is 264 g/mol. The Morgan fingerprint density at radius 2 is 1.20 bits per heavy atom. The van der Waals surface area contributed by atoms with Crippen molar-refractivity contribution in [2.45, 2.75) is 13.2 Å². The van der Waals surface area contributed by atoms with E-state index in [1.54, 1.807) is 0 Å². The van der Waals surface area contributed by atoms with Crippen molar-refractivity contribution in [3.05, 3.63) is 83.9 Å². The van der Waals surface area contributed by atoms with Crippen molar-refractivity contribution in [1.29, 1.82) is 0 Å². The summed E-state index contributed by atoms with van der Waals surface area (Å²) in [5, 5.41) is 0.